The number of rotatable bonds is 10. The number of benzene rings is 1. The molecule has 0 heterocycles. The summed E-state index contributed by atoms with van der Waals surface area (Å²) < 4.78 is 17.6. The standard InChI is InChI=1S/C18H26FNO3/c1-3-4-5-6-7-8-9-16(18(22)23-2)20-17(21)14-10-12-15(19)13-11-14/h10-13,16H,3-9H2,1-2H3,(H,20,21)/t16-/m1/s1. The zero-order valence-corrected chi connectivity index (χ0v) is 13.9. The molecule has 0 radical (unpaired) electrons. The third kappa shape index (κ3) is 7.26. The Morgan fingerprint density at radius 2 is 1.70 bits per heavy atom. The van der Waals surface area contributed by atoms with Gasteiger partial charge in [0.25, 0.3) is 5.91 Å². The summed E-state index contributed by atoms with van der Waals surface area (Å²) >= 11 is 0. The van der Waals surface area contributed by atoms with Crippen molar-refractivity contribution in [3.63, 3.8) is 0 Å². The Hall–Kier alpha value is -1.91. The molecule has 0 bridgehead atoms. The summed E-state index contributed by atoms with van der Waals surface area (Å²) in [7, 11) is 1.31. The van der Waals surface area contributed by atoms with Gasteiger partial charge < -0.3 is 10.1 Å². The number of halogens is 1. The first-order valence-electron chi connectivity index (χ1n) is 8.22. The van der Waals surface area contributed by atoms with Gasteiger partial charge in [-0.05, 0) is 30.7 Å². The van der Waals surface area contributed by atoms with Crippen LogP contribution in [0.4, 0.5) is 4.39 Å². The second-order valence-corrected chi connectivity index (χ2v) is 5.61. The number of carbonyl (C=O) groups excluding carboxylic acids is 2. The number of hydrogen-bond acceptors (Lipinski definition) is 3. The normalized spacial score (nSPS) is 11.8. The van der Waals surface area contributed by atoms with Crippen LogP contribution in [0.1, 0.15) is 62.2 Å². The SMILES string of the molecule is CCCCCCCC[C@@H](NC(=O)c1ccc(F)cc1)C(=O)OC. The van der Waals surface area contributed by atoms with E-state index in [4.69, 9.17) is 4.74 Å². The fraction of sp³-hybridized carbons (Fsp3) is 0.556. The molecule has 0 aliphatic carbocycles. The second kappa shape index (κ2) is 10.8. The lowest BCUT2D eigenvalue weighted by Crippen LogP contribution is -2.41. The van der Waals surface area contributed by atoms with Crippen molar-refractivity contribution in [2.75, 3.05) is 7.11 Å². The molecule has 5 heteroatoms. The molecule has 0 saturated carbocycles. The molecular formula is C18H26FNO3. The lowest BCUT2D eigenvalue weighted by atomic mass is 10.1. The minimum absolute atomic E-state index is 0.322. The highest BCUT2D eigenvalue weighted by Gasteiger charge is 2.21. The van der Waals surface area contributed by atoms with E-state index in [1.54, 1.807) is 0 Å². The van der Waals surface area contributed by atoms with Crippen molar-refractivity contribution in [3.8, 4) is 0 Å². The zero-order chi connectivity index (χ0) is 17.1. The molecular weight excluding hydrogens is 297 g/mol. The maximum absolute atomic E-state index is 12.9. The van der Waals surface area contributed by atoms with Crippen LogP contribution in [0.2, 0.25) is 0 Å². The van der Waals surface area contributed by atoms with E-state index < -0.39 is 23.7 Å². The number of ether oxygens (including phenoxy) is 1. The number of carbonyl (C=O) groups is 2. The van der Waals surface area contributed by atoms with Crippen molar-refractivity contribution < 1.29 is 18.7 Å². The average Bonchev–Trinajstić information content (AvgIpc) is 2.56. The molecule has 1 aromatic rings. The first-order valence-corrected chi connectivity index (χ1v) is 8.22. The smallest absolute Gasteiger partial charge is 0.328 e. The van der Waals surface area contributed by atoms with Gasteiger partial charge in [-0.15, -0.1) is 0 Å². The quantitative estimate of drug-likeness (QED) is 0.525. The maximum atomic E-state index is 12.9. The average molecular weight is 323 g/mol. The number of hydrogen-bond donors (Lipinski definition) is 1. The van der Waals surface area contributed by atoms with Crippen LogP contribution in [-0.4, -0.2) is 25.0 Å². The monoisotopic (exact) mass is 323 g/mol. The molecule has 0 unspecified atom stereocenters. The number of esters is 1. The van der Waals surface area contributed by atoms with E-state index in [-0.39, 0.29) is 0 Å². The van der Waals surface area contributed by atoms with Gasteiger partial charge in [-0.1, -0.05) is 45.4 Å². The molecule has 0 aromatic heterocycles. The molecule has 23 heavy (non-hydrogen) atoms. The molecule has 128 valence electrons. The van der Waals surface area contributed by atoms with E-state index in [1.807, 2.05) is 0 Å². The van der Waals surface area contributed by atoms with Crippen molar-refractivity contribution in [2.45, 2.75) is 57.9 Å². The number of amides is 1. The molecule has 1 N–H and O–H groups in total. The molecule has 0 aliphatic heterocycles. The van der Waals surface area contributed by atoms with Gasteiger partial charge in [-0.25, -0.2) is 9.18 Å². The summed E-state index contributed by atoms with van der Waals surface area (Å²) in [4.78, 5) is 23.9. The minimum Gasteiger partial charge on any atom is -0.467 e. The molecule has 0 saturated heterocycles. The van der Waals surface area contributed by atoms with Gasteiger partial charge in [0.15, 0.2) is 0 Å². The molecule has 0 fully saturated rings. The topological polar surface area (TPSA) is 55.4 Å². The Kier molecular flexibility index (Phi) is 8.95. The van der Waals surface area contributed by atoms with E-state index in [1.165, 1.54) is 50.6 Å². The van der Waals surface area contributed by atoms with Gasteiger partial charge in [0, 0.05) is 5.56 Å². The fourth-order valence-corrected chi connectivity index (χ4v) is 2.36. The summed E-state index contributed by atoms with van der Waals surface area (Å²) in [5, 5.41) is 2.67. The number of methoxy groups -OCH3 is 1. The van der Waals surface area contributed by atoms with Crippen molar-refractivity contribution in [1.82, 2.24) is 5.32 Å². The van der Waals surface area contributed by atoms with E-state index in [0.717, 1.165) is 19.3 Å². The van der Waals surface area contributed by atoms with Gasteiger partial charge in [-0.2, -0.15) is 0 Å². The van der Waals surface area contributed by atoms with E-state index in [0.29, 0.717) is 12.0 Å². The predicted molar refractivity (Wildman–Crippen MR) is 87.7 cm³/mol. The highest BCUT2D eigenvalue weighted by atomic mass is 19.1. The van der Waals surface area contributed by atoms with Crippen LogP contribution in [-0.2, 0) is 9.53 Å². The third-order valence-electron chi connectivity index (χ3n) is 3.74. The molecule has 1 aromatic carbocycles. The largest absolute Gasteiger partial charge is 0.467 e. The first-order chi connectivity index (χ1) is 11.1. The number of unbranched alkanes of at least 4 members (excludes halogenated alkanes) is 5. The lowest BCUT2D eigenvalue weighted by molar-refractivity contribution is -0.143. The van der Waals surface area contributed by atoms with Gasteiger partial charge in [0.2, 0.25) is 0 Å². The van der Waals surface area contributed by atoms with Crippen LogP contribution in [0.5, 0.6) is 0 Å². The predicted octanol–water partition coefficient (Wildman–Crippen LogP) is 3.85. The summed E-state index contributed by atoms with van der Waals surface area (Å²) in [5.41, 5.74) is 0.322. The second-order valence-electron chi connectivity index (χ2n) is 5.61. The van der Waals surface area contributed by atoms with Crippen molar-refractivity contribution >= 4 is 11.9 Å². The number of nitrogens with one attached hydrogen (secondary N) is 1. The summed E-state index contributed by atoms with van der Waals surface area (Å²) in [6.45, 7) is 2.16. The van der Waals surface area contributed by atoms with E-state index in [2.05, 4.69) is 12.2 Å². The first kappa shape index (κ1) is 19.1. The highest BCUT2D eigenvalue weighted by molar-refractivity contribution is 5.96. The summed E-state index contributed by atoms with van der Waals surface area (Å²) in [6, 6.07) is 4.56. The zero-order valence-electron chi connectivity index (χ0n) is 13.9. The van der Waals surface area contributed by atoms with Crippen molar-refractivity contribution in [2.24, 2.45) is 0 Å². The van der Waals surface area contributed by atoms with Crippen LogP contribution in [0.3, 0.4) is 0 Å². The van der Waals surface area contributed by atoms with Crippen LogP contribution in [0.25, 0.3) is 0 Å². The molecule has 1 atom stereocenters. The Bertz CT molecular complexity index is 488. The summed E-state index contributed by atoms with van der Waals surface area (Å²) in [5.74, 6) is -1.25. The van der Waals surface area contributed by atoms with Crippen molar-refractivity contribution in [1.29, 1.82) is 0 Å². The van der Waals surface area contributed by atoms with Crippen molar-refractivity contribution in [3.05, 3.63) is 35.6 Å². The molecule has 1 rings (SSSR count). The van der Waals surface area contributed by atoms with Gasteiger partial charge >= 0.3 is 5.97 Å². The van der Waals surface area contributed by atoms with Gasteiger partial charge in [0.1, 0.15) is 11.9 Å². The summed E-state index contributed by atoms with van der Waals surface area (Å²) in [6.07, 6.45) is 7.17. The van der Waals surface area contributed by atoms with E-state index in [9.17, 15) is 14.0 Å². The van der Waals surface area contributed by atoms with Crippen LogP contribution in [0, 0.1) is 5.82 Å². The molecule has 1 amide bonds. The minimum atomic E-state index is -0.663. The van der Waals surface area contributed by atoms with Gasteiger partial charge in [-0.3, -0.25) is 4.79 Å². The third-order valence-corrected chi connectivity index (χ3v) is 3.74. The van der Waals surface area contributed by atoms with E-state index >= 15 is 0 Å². The molecule has 0 spiro atoms. The van der Waals surface area contributed by atoms with Crippen LogP contribution < -0.4 is 5.32 Å². The van der Waals surface area contributed by atoms with Crippen LogP contribution >= 0.6 is 0 Å². The highest BCUT2D eigenvalue weighted by Crippen LogP contribution is 2.10. The Morgan fingerprint density at radius 3 is 2.30 bits per heavy atom. The lowest BCUT2D eigenvalue weighted by Gasteiger charge is -2.16. The fourth-order valence-electron chi connectivity index (χ4n) is 2.36. The molecule has 4 nitrogen and oxygen atoms in total. The Balaban J connectivity index is 2.49. The Morgan fingerprint density at radius 1 is 1.09 bits per heavy atom. The van der Waals surface area contributed by atoms with Crippen LogP contribution in [0.15, 0.2) is 24.3 Å². The molecule has 0 aliphatic rings. The maximum Gasteiger partial charge on any atom is 0.328 e. The van der Waals surface area contributed by atoms with Gasteiger partial charge in [0.05, 0.1) is 7.11 Å². The Labute approximate surface area is 137 Å².